The van der Waals surface area contributed by atoms with Gasteiger partial charge in [-0.1, -0.05) is 22.6 Å². The smallest absolute Gasteiger partial charge is 0.314 e. The molecule has 0 rings (SSSR count). The molecule has 0 radical (unpaired) electrons. The van der Waals surface area contributed by atoms with Crippen LogP contribution in [0.4, 0.5) is 4.79 Å². The predicted octanol–water partition coefficient (Wildman–Crippen LogP) is 1.21. The molecule has 2 N–H and O–H groups in total. The summed E-state index contributed by atoms with van der Waals surface area (Å²) in [4.78, 5) is 12.2. The Hall–Kier alpha value is 0. The fourth-order valence-electron chi connectivity index (χ4n) is 0.675. The van der Waals surface area contributed by atoms with Gasteiger partial charge < -0.3 is 10.6 Å². The standard InChI is InChI=1S/C6H13IN2O/c1-2-9(6(8)10)5-3-4-7/h2-5H2,1H3,(H2,8,10). The maximum atomic E-state index is 10.6. The molecule has 0 aliphatic carbocycles. The lowest BCUT2D eigenvalue weighted by Crippen LogP contribution is -2.36. The second-order valence-electron chi connectivity index (χ2n) is 1.96. The van der Waals surface area contributed by atoms with Crippen molar-refractivity contribution in [2.45, 2.75) is 13.3 Å². The number of carbonyl (C=O) groups excluding carboxylic acids is 1. The molecule has 0 aromatic carbocycles. The summed E-state index contributed by atoms with van der Waals surface area (Å²) in [6.07, 6.45) is 1.03. The zero-order valence-corrected chi connectivity index (χ0v) is 8.30. The molecule has 0 saturated carbocycles. The summed E-state index contributed by atoms with van der Waals surface area (Å²) in [5.74, 6) is 0. The van der Waals surface area contributed by atoms with Crippen LogP contribution in [0.3, 0.4) is 0 Å². The van der Waals surface area contributed by atoms with Crippen LogP contribution in [0.1, 0.15) is 13.3 Å². The fraction of sp³-hybridized carbons (Fsp3) is 0.833. The molecule has 0 saturated heterocycles. The van der Waals surface area contributed by atoms with Crippen molar-refractivity contribution >= 4 is 28.6 Å². The van der Waals surface area contributed by atoms with Crippen LogP contribution in [0.5, 0.6) is 0 Å². The summed E-state index contributed by atoms with van der Waals surface area (Å²) in [5, 5.41) is 0. The number of hydrogen-bond donors (Lipinski definition) is 1. The van der Waals surface area contributed by atoms with Crippen LogP contribution in [0.2, 0.25) is 0 Å². The highest BCUT2D eigenvalue weighted by Crippen LogP contribution is 1.93. The third-order valence-corrected chi connectivity index (χ3v) is 2.02. The number of carbonyl (C=O) groups is 1. The van der Waals surface area contributed by atoms with Gasteiger partial charge in [0.05, 0.1) is 0 Å². The first-order valence-corrected chi connectivity index (χ1v) is 4.85. The number of amides is 2. The molecule has 0 fully saturated rings. The highest BCUT2D eigenvalue weighted by atomic mass is 127. The Morgan fingerprint density at radius 2 is 2.30 bits per heavy atom. The third-order valence-electron chi connectivity index (χ3n) is 1.26. The molecule has 4 heteroatoms. The van der Waals surface area contributed by atoms with Crippen molar-refractivity contribution in [1.82, 2.24) is 4.90 Å². The van der Waals surface area contributed by atoms with E-state index >= 15 is 0 Å². The van der Waals surface area contributed by atoms with Crippen molar-refractivity contribution in [1.29, 1.82) is 0 Å². The predicted molar refractivity (Wildman–Crippen MR) is 50.3 cm³/mol. The van der Waals surface area contributed by atoms with Gasteiger partial charge in [0.2, 0.25) is 0 Å². The van der Waals surface area contributed by atoms with Crippen LogP contribution < -0.4 is 5.73 Å². The minimum Gasteiger partial charge on any atom is -0.351 e. The Morgan fingerprint density at radius 1 is 1.70 bits per heavy atom. The Labute approximate surface area is 75.1 Å². The second-order valence-corrected chi connectivity index (χ2v) is 3.04. The number of primary amides is 1. The van der Waals surface area contributed by atoms with Gasteiger partial charge in [-0.3, -0.25) is 0 Å². The van der Waals surface area contributed by atoms with Crippen LogP contribution in [0, 0.1) is 0 Å². The summed E-state index contributed by atoms with van der Waals surface area (Å²) in [5.41, 5.74) is 5.07. The molecule has 0 aliphatic heterocycles. The average Bonchev–Trinajstić information content (AvgIpc) is 1.89. The minimum atomic E-state index is -0.313. The lowest BCUT2D eigenvalue weighted by molar-refractivity contribution is 0.210. The SMILES string of the molecule is CCN(CCCI)C(N)=O. The summed E-state index contributed by atoms with van der Waals surface area (Å²) in [6, 6.07) is -0.313. The van der Waals surface area contributed by atoms with Gasteiger partial charge in [0.1, 0.15) is 0 Å². The zero-order chi connectivity index (χ0) is 7.98. The zero-order valence-electron chi connectivity index (χ0n) is 6.14. The molecule has 0 unspecified atom stereocenters. The first kappa shape index (κ1) is 10.0. The lowest BCUT2D eigenvalue weighted by Gasteiger charge is -2.16. The van der Waals surface area contributed by atoms with E-state index in [0.717, 1.165) is 17.4 Å². The van der Waals surface area contributed by atoms with E-state index in [1.165, 1.54) is 0 Å². The molecule has 0 atom stereocenters. The second kappa shape index (κ2) is 5.76. The van der Waals surface area contributed by atoms with E-state index in [1.807, 2.05) is 6.92 Å². The molecule has 0 aromatic heterocycles. The highest BCUT2D eigenvalue weighted by Gasteiger charge is 2.03. The number of urea groups is 1. The van der Waals surface area contributed by atoms with Gasteiger partial charge in [-0.2, -0.15) is 0 Å². The van der Waals surface area contributed by atoms with Gasteiger partial charge >= 0.3 is 6.03 Å². The van der Waals surface area contributed by atoms with Crippen molar-refractivity contribution in [3.63, 3.8) is 0 Å². The van der Waals surface area contributed by atoms with Gasteiger partial charge in [0.25, 0.3) is 0 Å². The number of halogens is 1. The monoisotopic (exact) mass is 256 g/mol. The van der Waals surface area contributed by atoms with Crippen molar-refractivity contribution in [2.24, 2.45) is 5.73 Å². The molecule has 2 amide bonds. The van der Waals surface area contributed by atoms with E-state index in [2.05, 4.69) is 22.6 Å². The molecule has 0 heterocycles. The van der Waals surface area contributed by atoms with E-state index in [0.29, 0.717) is 6.54 Å². The Kier molecular flexibility index (Phi) is 5.76. The van der Waals surface area contributed by atoms with Gasteiger partial charge in [-0.15, -0.1) is 0 Å². The van der Waals surface area contributed by atoms with Crippen LogP contribution >= 0.6 is 22.6 Å². The Morgan fingerprint density at radius 3 is 2.60 bits per heavy atom. The number of rotatable bonds is 4. The van der Waals surface area contributed by atoms with E-state index in [9.17, 15) is 4.79 Å². The molecule has 10 heavy (non-hydrogen) atoms. The number of alkyl halides is 1. The fourth-order valence-corrected chi connectivity index (χ4v) is 1.02. The summed E-state index contributed by atoms with van der Waals surface area (Å²) in [7, 11) is 0. The quantitative estimate of drug-likeness (QED) is 0.596. The molecule has 0 bridgehead atoms. The number of hydrogen-bond acceptors (Lipinski definition) is 1. The third kappa shape index (κ3) is 3.92. The van der Waals surface area contributed by atoms with E-state index in [1.54, 1.807) is 4.90 Å². The van der Waals surface area contributed by atoms with E-state index < -0.39 is 0 Å². The summed E-state index contributed by atoms with van der Waals surface area (Å²) < 4.78 is 1.07. The largest absolute Gasteiger partial charge is 0.351 e. The molecule has 0 aliphatic rings. The van der Waals surface area contributed by atoms with E-state index in [4.69, 9.17) is 5.73 Å². The minimum absolute atomic E-state index is 0.313. The maximum Gasteiger partial charge on any atom is 0.314 e. The van der Waals surface area contributed by atoms with Crippen molar-refractivity contribution < 1.29 is 4.79 Å². The first-order chi connectivity index (χ1) is 4.72. The van der Waals surface area contributed by atoms with Crippen molar-refractivity contribution in [3.8, 4) is 0 Å². The molecular formula is C6H13IN2O. The Balaban J connectivity index is 3.50. The number of nitrogens with two attached hydrogens (primary N) is 1. The van der Waals surface area contributed by atoms with Crippen molar-refractivity contribution in [2.75, 3.05) is 17.5 Å². The van der Waals surface area contributed by atoms with Gasteiger partial charge in [0.15, 0.2) is 0 Å². The lowest BCUT2D eigenvalue weighted by atomic mass is 10.4. The first-order valence-electron chi connectivity index (χ1n) is 3.32. The average molecular weight is 256 g/mol. The summed E-state index contributed by atoms with van der Waals surface area (Å²) in [6.45, 7) is 3.43. The molecule has 60 valence electrons. The van der Waals surface area contributed by atoms with Crippen LogP contribution in [0.25, 0.3) is 0 Å². The topological polar surface area (TPSA) is 46.3 Å². The summed E-state index contributed by atoms with van der Waals surface area (Å²) >= 11 is 2.28. The van der Waals surface area contributed by atoms with Gasteiger partial charge in [-0.25, -0.2) is 4.79 Å². The van der Waals surface area contributed by atoms with Gasteiger partial charge in [-0.05, 0) is 13.3 Å². The number of nitrogens with zero attached hydrogens (tertiary/aromatic N) is 1. The van der Waals surface area contributed by atoms with E-state index in [-0.39, 0.29) is 6.03 Å². The van der Waals surface area contributed by atoms with Gasteiger partial charge in [0, 0.05) is 17.5 Å². The van der Waals surface area contributed by atoms with Crippen LogP contribution in [-0.2, 0) is 0 Å². The Bertz CT molecular complexity index is 108. The van der Waals surface area contributed by atoms with Crippen molar-refractivity contribution in [3.05, 3.63) is 0 Å². The highest BCUT2D eigenvalue weighted by molar-refractivity contribution is 14.1. The molecule has 0 aromatic rings. The maximum absolute atomic E-state index is 10.6. The van der Waals surface area contributed by atoms with Crippen LogP contribution in [-0.4, -0.2) is 28.4 Å². The molecule has 0 spiro atoms. The molecule has 3 nitrogen and oxygen atoms in total. The van der Waals surface area contributed by atoms with Crippen LogP contribution in [0.15, 0.2) is 0 Å². The molecular weight excluding hydrogens is 243 g/mol. The normalized spacial score (nSPS) is 9.40.